The predicted octanol–water partition coefficient (Wildman–Crippen LogP) is 2.33. The average molecular weight is 251 g/mol. The lowest BCUT2D eigenvalue weighted by molar-refractivity contribution is -0.135. The van der Waals surface area contributed by atoms with E-state index in [1.54, 1.807) is 0 Å². The van der Waals surface area contributed by atoms with Crippen molar-refractivity contribution in [3.8, 4) is 0 Å². The second-order valence-electron chi connectivity index (χ2n) is 4.90. The summed E-state index contributed by atoms with van der Waals surface area (Å²) in [6.07, 6.45) is 0. The molecule has 1 aromatic carbocycles. The molecular formula is C13H17NO2S. The fourth-order valence-corrected chi connectivity index (χ4v) is 1.59. The molecular weight excluding hydrogens is 234 g/mol. The number of hydrogen-bond donors (Lipinski definition) is 2. The summed E-state index contributed by atoms with van der Waals surface area (Å²) < 4.78 is 0. The van der Waals surface area contributed by atoms with E-state index in [9.17, 15) is 4.79 Å². The molecule has 0 heterocycles. The Labute approximate surface area is 107 Å². The van der Waals surface area contributed by atoms with Crippen LogP contribution in [0.3, 0.4) is 0 Å². The zero-order valence-corrected chi connectivity index (χ0v) is 11.1. The molecule has 0 bridgehead atoms. The fraction of sp³-hybridized carbons (Fsp3) is 0.385. The van der Waals surface area contributed by atoms with Crippen LogP contribution in [0, 0.1) is 0 Å². The molecule has 2 N–H and O–H groups in total. The Morgan fingerprint density at radius 2 is 1.82 bits per heavy atom. The first-order chi connectivity index (χ1) is 7.80. The minimum Gasteiger partial charge on any atom is -0.480 e. The summed E-state index contributed by atoms with van der Waals surface area (Å²) in [5.74, 6) is -0.918. The van der Waals surface area contributed by atoms with Gasteiger partial charge >= 0.3 is 5.97 Å². The molecule has 0 saturated heterocycles. The molecule has 0 atom stereocenters. The Morgan fingerprint density at radius 1 is 1.29 bits per heavy atom. The summed E-state index contributed by atoms with van der Waals surface area (Å²) in [4.78, 5) is 10.9. The molecule has 0 spiro atoms. The highest BCUT2D eigenvalue weighted by molar-refractivity contribution is 7.80. The van der Waals surface area contributed by atoms with Gasteiger partial charge in [-0.25, -0.2) is 0 Å². The molecule has 17 heavy (non-hydrogen) atoms. The molecule has 3 nitrogen and oxygen atoms in total. The molecule has 1 aromatic rings. The molecule has 0 radical (unpaired) electrons. The van der Waals surface area contributed by atoms with Gasteiger partial charge in [-0.3, -0.25) is 4.79 Å². The zero-order valence-electron chi connectivity index (χ0n) is 10.3. The van der Waals surface area contributed by atoms with Crippen molar-refractivity contribution in [3.63, 3.8) is 0 Å². The highest BCUT2D eigenvalue weighted by atomic mass is 32.1. The number of hydrogen-bond acceptors (Lipinski definition) is 2. The van der Waals surface area contributed by atoms with Crippen molar-refractivity contribution < 1.29 is 9.90 Å². The molecule has 4 heteroatoms. The van der Waals surface area contributed by atoms with Gasteiger partial charge in [-0.2, -0.15) is 0 Å². The highest BCUT2D eigenvalue weighted by Crippen LogP contribution is 2.22. The average Bonchev–Trinajstić information content (AvgIpc) is 2.25. The number of carbonyl (C=O) groups is 1. The van der Waals surface area contributed by atoms with Crippen LogP contribution in [0.4, 0.5) is 0 Å². The molecule has 0 saturated carbocycles. The third-order valence-corrected chi connectivity index (χ3v) is 2.79. The lowest BCUT2D eigenvalue weighted by atomic mass is 9.87. The van der Waals surface area contributed by atoms with Crippen molar-refractivity contribution in [2.75, 3.05) is 6.54 Å². The van der Waals surface area contributed by atoms with Crippen LogP contribution in [-0.2, 0) is 10.2 Å². The minimum absolute atomic E-state index is 0.106. The number of aliphatic carboxylic acids is 1. The number of carboxylic acids is 1. The Morgan fingerprint density at radius 3 is 2.24 bits per heavy atom. The van der Waals surface area contributed by atoms with E-state index in [-0.39, 0.29) is 12.0 Å². The maximum atomic E-state index is 10.4. The number of thiocarbonyl (C=S) groups is 1. The van der Waals surface area contributed by atoms with Crippen LogP contribution in [0.1, 0.15) is 31.9 Å². The Kier molecular flexibility index (Phi) is 4.23. The van der Waals surface area contributed by atoms with Gasteiger partial charge in [0.1, 0.15) is 11.5 Å². The standard InChI is InChI=1S/C13H17NO2S/c1-13(2,3)10-6-4-9(5-7-10)12(17)14-8-11(15)16/h4-7H,8H2,1-3H3,(H,14,17)(H,15,16). The van der Waals surface area contributed by atoms with Crippen LogP contribution in [-0.4, -0.2) is 22.6 Å². The Hall–Kier alpha value is -1.42. The van der Waals surface area contributed by atoms with Crippen molar-refractivity contribution >= 4 is 23.2 Å². The first kappa shape index (κ1) is 13.6. The number of nitrogens with one attached hydrogen (secondary N) is 1. The topological polar surface area (TPSA) is 49.3 Å². The first-order valence-electron chi connectivity index (χ1n) is 5.41. The summed E-state index contributed by atoms with van der Waals surface area (Å²) in [7, 11) is 0. The second kappa shape index (κ2) is 5.27. The van der Waals surface area contributed by atoms with Crippen LogP contribution < -0.4 is 5.32 Å². The van der Waals surface area contributed by atoms with E-state index in [0.717, 1.165) is 5.56 Å². The monoisotopic (exact) mass is 251 g/mol. The summed E-state index contributed by atoms with van der Waals surface area (Å²) in [6.45, 7) is 6.27. The van der Waals surface area contributed by atoms with Gasteiger partial charge in [0, 0.05) is 5.56 Å². The summed E-state index contributed by atoms with van der Waals surface area (Å²) in [5, 5.41) is 11.2. The van der Waals surface area contributed by atoms with E-state index in [1.807, 2.05) is 24.3 Å². The molecule has 0 aromatic heterocycles. The van der Waals surface area contributed by atoms with Gasteiger partial charge in [0.2, 0.25) is 0 Å². The van der Waals surface area contributed by atoms with Gasteiger partial charge in [-0.15, -0.1) is 0 Å². The third-order valence-electron chi connectivity index (χ3n) is 2.41. The van der Waals surface area contributed by atoms with Crippen molar-refractivity contribution in [3.05, 3.63) is 35.4 Å². The lowest BCUT2D eigenvalue weighted by Gasteiger charge is -2.19. The van der Waals surface area contributed by atoms with Gasteiger partial charge in [-0.05, 0) is 11.0 Å². The van der Waals surface area contributed by atoms with Crippen molar-refractivity contribution in [1.82, 2.24) is 5.32 Å². The Bertz CT molecular complexity index is 418. The van der Waals surface area contributed by atoms with Crippen LogP contribution in [0.25, 0.3) is 0 Å². The largest absolute Gasteiger partial charge is 0.480 e. The summed E-state index contributed by atoms with van der Waals surface area (Å²) >= 11 is 5.10. The predicted molar refractivity (Wildman–Crippen MR) is 72.5 cm³/mol. The highest BCUT2D eigenvalue weighted by Gasteiger charge is 2.13. The van der Waals surface area contributed by atoms with E-state index in [0.29, 0.717) is 4.99 Å². The molecule has 1 rings (SSSR count). The maximum absolute atomic E-state index is 10.4. The number of carboxylic acid groups (broad SMARTS) is 1. The van der Waals surface area contributed by atoms with Gasteiger partial charge in [0.15, 0.2) is 0 Å². The molecule has 0 aliphatic heterocycles. The van der Waals surface area contributed by atoms with Gasteiger partial charge in [0.25, 0.3) is 0 Å². The van der Waals surface area contributed by atoms with Crippen LogP contribution in [0.2, 0.25) is 0 Å². The van der Waals surface area contributed by atoms with Crippen molar-refractivity contribution in [1.29, 1.82) is 0 Å². The molecule has 92 valence electrons. The van der Waals surface area contributed by atoms with E-state index < -0.39 is 5.97 Å². The van der Waals surface area contributed by atoms with Crippen LogP contribution >= 0.6 is 12.2 Å². The number of benzene rings is 1. The van der Waals surface area contributed by atoms with Gasteiger partial charge in [-0.1, -0.05) is 57.3 Å². The first-order valence-corrected chi connectivity index (χ1v) is 5.82. The van der Waals surface area contributed by atoms with E-state index in [1.165, 1.54) is 5.56 Å². The molecule has 0 aliphatic carbocycles. The zero-order chi connectivity index (χ0) is 13.1. The maximum Gasteiger partial charge on any atom is 0.322 e. The van der Waals surface area contributed by atoms with Crippen molar-refractivity contribution in [2.45, 2.75) is 26.2 Å². The Balaban J connectivity index is 2.74. The van der Waals surface area contributed by atoms with E-state index >= 15 is 0 Å². The van der Waals surface area contributed by atoms with E-state index in [4.69, 9.17) is 17.3 Å². The molecule has 0 fully saturated rings. The fourth-order valence-electron chi connectivity index (χ4n) is 1.38. The SMILES string of the molecule is CC(C)(C)c1ccc(C(=S)NCC(=O)O)cc1. The van der Waals surface area contributed by atoms with Gasteiger partial charge < -0.3 is 10.4 Å². The molecule has 0 unspecified atom stereocenters. The third kappa shape index (κ3) is 4.15. The minimum atomic E-state index is -0.918. The van der Waals surface area contributed by atoms with Gasteiger partial charge in [0.05, 0.1) is 0 Å². The smallest absolute Gasteiger partial charge is 0.322 e. The van der Waals surface area contributed by atoms with E-state index in [2.05, 4.69) is 26.1 Å². The molecule has 0 amide bonds. The van der Waals surface area contributed by atoms with Crippen molar-refractivity contribution in [2.24, 2.45) is 0 Å². The van der Waals surface area contributed by atoms with Crippen LogP contribution in [0.15, 0.2) is 24.3 Å². The quantitative estimate of drug-likeness (QED) is 0.810. The van der Waals surface area contributed by atoms with Crippen LogP contribution in [0.5, 0.6) is 0 Å². The normalized spacial score (nSPS) is 11.0. The summed E-state index contributed by atoms with van der Waals surface area (Å²) in [6, 6.07) is 7.86. The molecule has 0 aliphatic rings. The summed E-state index contributed by atoms with van der Waals surface area (Å²) in [5.41, 5.74) is 2.17. The number of rotatable bonds is 3. The lowest BCUT2D eigenvalue weighted by Crippen LogP contribution is -2.28. The second-order valence-corrected chi connectivity index (χ2v) is 5.31.